The summed E-state index contributed by atoms with van der Waals surface area (Å²) in [6, 6.07) is 0. The zero-order valence-corrected chi connectivity index (χ0v) is 7.33. The monoisotopic (exact) mass is 198 g/mol. The van der Waals surface area contributed by atoms with Gasteiger partial charge in [-0.2, -0.15) is 0 Å². The number of halogens is 1. The number of hydrogen-bond donors (Lipinski definition) is 0. The molecule has 0 fully saturated rings. The van der Waals surface area contributed by atoms with Crippen LogP contribution in [0.3, 0.4) is 0 Å². The maximum atomic E-state index is 5.37. The molecule has 0 aliphatic rings. The van der Waals surface area contributed by atoms with Crippen LogP contribution < -0.4 is 0 Å². The van der Waals surface area contributed by atoms with Gasteiger partial charge in [-0.05, 0) is 0 Å². The van der Waals surface area contributed by atoms with Crippen molar-refractivity contribution in [3.63, 3.8) is 0 Å². The van der Waals surface area contributed by atoms with E-state index in [0.29, 0.717) is 12.9 Å². The summed E-state index contributed by atoms with van der Waals surface area (Å²) in [5.41, 5.74) is 0. The summed E-state index contributed by atoms with van der Waals surface area (Å²) in [6.07, 6.45) is 0. The third-order valence-corrected chi connectivity index (χ3v) is 7.65. The molecule has 0 nitrogen and oxygen atoms in total. The van der Waals surface area contributed by atoms with Crippen molar-refractivity contribution in [1.29, 1.82) is 0 Å². The normalized spacial score (nSPS) is 9.50. The van der Waals surface area contributed by atoms with Crippen molar-refractivity contribution in [3.8, 4) is 0 Å². The summed E-state index contributed by atoms with van der Waals surface area (Å²) in [7, 11) is 5.37. The van der Waals surface area contributed by atoms with Crippen LogP contribution in [0.2, 0.25) is 5.76 Å². The van der Waals surface area contributed by atoms with Gasteiger partial charge in [0.05, 0.1) is 0 Å². The molecule has 0 atom stereocenters. The zero-order chi connectivity index (χ0) is 3.41. The van der Waals surface area contributed by atoms with Crippen LogP contribution in [0.4, 0.5) is 0 Å². The third-order valence-electron chi connectivity index (χ3n) is 0.0945. The van der Waals surface area contributed by atoms with E-state index in [1.165, 1.54) is 0 Å². The second-order valence-electron chi connectivity index (χ2n) is 0.344. The second-order valence-corrected chi connectivity index (χ2v) is 14.4. The molecule has 0 amide bonds. The Kier molecular flexibility index (Phi) is 5.88. The fourth-order valence-electron chi connectivity index (χ4n) is 0. The topological polar surface area (TPSA) is 0 Å². The van der Waals surface area contributed by atoms with Crippen molar-refractivity contribution >= 4 is 34.9 Å². The fraction of sp³-hybridized carbons (Fsp3) is 1.00. The van der Waals surface area contributed by atoms with Crippen LogP contribution >= 0.6 is 10.0 Å². The van der Waals surface area contributed by atoms with Crippen LogP contribution in [-0.4, -0.2) is 24.9 Å². The first-order valence-corrected chi connectivity index (χ1v) is 12.3. The summed E-state index contributed by atoms with van der Waals surface area (Å²) < 4.78 is 0. The van der Waals surface area contributed by atoms with Crippen LogP contribution in [0.1, 0.15) is 0 Å². The summed E-state index contributed by atoms with van der Waals surface area (Å²) in [5, 5.41) is 0. The molecule has 0 saturated carbocycles. The van der Waals surface area contributed by atoms with Crippen LogP contribution in [0.25, 0.3) is 0 Å². The first kappa shape index (κ1) is 5.38. The molecular weight excluding hydrogens is 193 g/mol. The molecule has 0 rings (SSSR count). The summed E-state index contributed by atoms with van der Waals surface area (Å²) >= 11 is 0.515. The van der Waals surface area contributed by atoms with Crippen LogP contribution in [0.15, 0.2) is 0 Å². The van der Waals surface area contributed by atoms with E-state index >= 15 is 0 Å². The van der Waals surface area contributed by atoms with Gasteiger partial charge in [0.15, 0.2) is 0 Å². The summed E-state index contributed by atoms with van der Waals surface area (Å²) in [5.74, 6) is 2.23. The van der Waals surface area contributed by atoms with Gasteiger partial charge in [0.2, 0.25) is 0 Å². The Balaban J connectivity index is 2.55. The Morgan fingerprint density at radius 1 is 1.75 bits per heavy atom. The Labute approximate surface area is 40.7 Å². The van der Waals surface area contributed by atoms with Crippen LogP contribution in [0, 0.1) is 0 Å². The average Bonchev–Trinajstić information content (AvgIpc) is 1.37. The van der Waals surface area contributed by atoms with Gasteiger partial charge in [0.1, 0.15) is 0 Å². The van der Waals surface area contributed by atoms with E-state index in [0.717, 1.165) is 0 Å². The van der Waals surface area contributed by atoms with Crippen molar-refractivity contribution in [3.05, 3.63) is 0 Å². The van der Waals surface area contributed by atoms with E-state index in [-0.39, 0.29) is 12.0 Å². The van der Waals surface area contributed by atoms with Crippen molar-refractivity contribution in [2.45, 2.75) is 5.76 Å². The minimum atomic E-state index is 0.111. The van der Waals surface area contributed by atoms with E-state index in [9.17, 15) is 0 Å². The van der Waals surface area contributed by atoms with Gasteiger partial charge in [-0.3, -0.25) is 0 Å². The van der Waals surface area contributed by atoms with Crippen molar-refractivity contribution in [2.24, 2.45) is 0 Å². The molecule has 0 unspecified atom stereocenters. The predicted octanol–water partition coefficient (Wildman–Crippen LogP) is 0.512. The SMILES string of the molecule is [CH3][Ge]=[Ge][Cl]. The van der Waals surface area contributed by atoms with E-state index in [4.69, 9.17) is 10.0 Å². The van der Waals surface area contributed by atoms with Crippen molar-refractivity contribution < 1.29 is 0 Å². The Hall–Kier alpha value is 1.38. The molecule has 2 radical (unpaired) electrons. The van der Waals surface area contributed by atoms with Crippen LogP contribution in [0.5, 0.6) is 0 Å². The quantitative estimate of drug-likeness (QED) is 0.495. The van der Waals surface area contributed by atoms with Gasteiger partial charge >= 0.3 is 40.7 Å². The molecule has 0 aromatic rings. The molecule has 0 heterocycles. The van der Waals surface area contributed by atoms with Gasteiger partial charge in [-0.25, -0.2) is 0 Å². The minimum absolute atomic E-state index is 0.111. The van der Waals surface area contributed by atoms with Gasteiger partial charge in [-0.15, -0.1) is 0 Å². The molecule has 3 heteroatoms. The Morgan fingerprint density at radius 2 is 2.00 bits per heavy atom. The van der Waals surface area contributed by atoms with Gasteiger partial charge in [0, 0.05) is 0 Å². The Morgan fingerprint density at radius 3 is 2.00 bits per heavy atom. The molecular formula is CH3ClGe2. The van der Waals surface area contributed by atoms with Gasteiger partial charge in [0.25, 0.3) is 0 Å². The fourth-order valence-corrected chi connectivity index (χ4v) is 0. The van der Waals surface area contributed by atoms with Gasteiger partial charge in [-0.1, -0.05) is 0 Å². The molecule has 0 N–H and O–H groups in total. The molecule has 4 heavy (non-hydrogen) atoms. The standard InChI is InChI=1S/CH3ClGe2/c1-3-4-2/h1H3. The van der Waals surface area contributed by atoms with Gasteiger partial charge < -0.3 is 0 Å². The van der Waals surface area contributed by atoms with E-state index in [2.05, 4.69) is 5.76 Å². The molecule has 0 bridgehead atoms. The number of rotatable bonds is 0. The maximum absolute atomic E-state index is 5.37. The molecule has 0 aliphatic carbocycles. The first-order valence-electron chi connectivity index (χ1n) is 0.939. The predicted molar refractivity (Wildman–Crippen MR) is 23.2 cm³/mol. The average molecular weight is 196 g/mol. The van der Waals surface area contributed by atoms with E-state index in [1.807, 2.05) is 0 Å². The van der Waals surface area contributed by atoms with Crippen molar-refractivity contribution in [1.82, 2.24) is 0 Å². The molecule has 22 valence electrons. The molecule has 0 aliphatic heterocycles. The first-order chi connectivity index (χ1) is 1.91. The van der Waals surface area contributed by atoms with E-state index in [1.54, 1.807) is 0 Å². The molecule has 0 aromatic carbocycles. The Bertz CT molecular complexity index is 21.2. The van der Waals surface area contributed by atoms with E-state index < -0.39 is 0 Å². The molecule has 0 spiro atoms. The molecule has 0 aromatic heterocycles. The second kappa shape index (κ2) is 4.38. The number of hydrogen-bond acceptors (Lipinski definition) is 0. The van der Waals surface area contributed by atoms with Crippen molar-refractivity contribution in [2.75, 3.05) is 0 Å². The molecule has 0 saturated heterocycles. The van der Waals surface area contributed by atoms with Crippen LogP contribution in [-0.2, 0) is 0 Å². The zero-order valence-electron chi connectivity index (χ0n) is 2.38. The third kappa shape index (κ3) is 3.38. The summed E-state index contributed by atoms with van der Waals surface area (Å²) in [6.45, 7) is 0. The summed E-state index contributed by atoms with van der Waals surface area (Å²) in [4.78, 5) is 0.